The fourth-order valence-electron chi connectivity index (χ4n) is 1.96. The van der Waals surface area contributed by atoms with Crippen molar-refractivity contribution >= 4 is 29.2 Å². The molecular formula is C18H17FN2O4. The minimum atomic E-state index is -0.552. The lowest BCUT2D eigenvalue weighted by atomic mass is 10.1. The van der Waals surface area contributed by atoms with Gasteiger partial charge in [0.15, 0.2) is 6.61 Å². The van der Waals surface area contributed by atoms with E-state index in [0.717, 1.165) is 0 Å². The third kappa shape index (κ3) is 5.42. The Morgan fingerprint density at radius 1 is 1.00 bits per heavy atom. The average Bonchev–Trinajstić information content (AvgIpc) is 2.62. The van der Waals surface area contributed by atoms with Crippen LogP contribution < -0.4 is 10.6 Å². The number of carbonyl (C=O) groups is 3. The van der Waals surface area contributed by atoms with Crippen molar-refractivity contribution in [3.8, 4) is 0 Å². The summed E-state index contributed by atoms with van der Waals surface area (Å²) in [4.78, 5) is 35.3. The Hall–Kier alpha value is -3.22. The molecule has 2 aromatic rings. The molecule has 0 aliphatic rings. The molecule has 2 N–H and O–H groups in total. The highest BCUT2D eigenvalue weighted by molar-refractivity contribution is 6.10. The van der Waals surface area contributed by atoms with E-state index in [1.165, 1.54) is 30.3 Å². The number of anilines is 2. The third-order valence-electron chi connectivity index (χ3n) is 3.20. The molecule has 0 bridgehead atoms. The van der Waals surface area contributed by atoms with E-state index >= 15 is 0 Å². The highest BCUT2D eigenvalue weighted by atomic mass is 19.1. The van der Waals surface area contributed by atoms with E-state index in [-0.39, 0.29) is 17.7 Å². The van der Waals surface area contributed by atoms with Gasteiger partial charge in [0, 0.05) is 12.1 Å². The van der Waals surface area contributed by atoms with Crippen LogP contribution in [0.15, 0.2) is 48.5 Å². The number of rotatable bonds is 6. The smallest absolute Gasteiger partial charge is 0.306 e. The van der Waals surface area contributed by atoms with Crippen LogP contribution in [-0.2, 0) is 14.3 Å². The Balaban J connectivity index is 2.06. The van der Waals surface area contributed by atoms with Crippen molar-refractivity contribution in [2.45, 2.75) is 13.3 Å². The molecule has 0 fully saturated rings. The first-order valence-corrected chi connectivity index (χ1v) is 7.61. The zero-order valence-corrected chi connectivity index (χ0v) is 13.5. The minimum absolute atomic E-state index is 0.171. The topological polar surface area (TPSA) is 84.5 Å². The molecule has 7 heteroatoms. The van der Waals surface area contributed by atoms with Gasteiger partial charge in [0.05, 0.1) is 11.3 Å². The van der Waals surface area contributed by atoms with Gasteiger partial charge in [-0.3, -0.25) is 14.4 Å². The quantitative estimate of drug-likeness (QED) is 0.789. The zero-order valence-electron chi connectivity index (χ0n) is 13.5. The second-order valence-corrected chi connectivity index (χ2v) is 5.07. The van der Waals surface area contributed by atoms with E-state index < -0.39 is 30.2 Å². The molecule has 0 atom stereocenters. The van der Waals surface area contributed by atoms with Gasteiger partial charge in [-0.25, -0.2) is 4.39 Å². The number of hydrogen-bond acceptors (Lipinski definition) is 4. The van der Waals surface area contributed by atoms with Gasteiger partial charge in [-0.05, 0) is 36.4 Å². The Kier molecular flexibility index (Phi) is 6.22. The maximum atomic E-state index is 12.9. The van der Waals surface area contributed by atoms with E-state index in [2.05, 4.69) is 10.6 Å². The molecule has 0 saturated carbocycles. The molecule has 2 rings (SSSR count). The maximum absolute atomic E-state index is 12.9. The van der Waals surface area contributed by atoms with Crippen LogP contribution in [-0.4, -0.2) is 24.4 Å². The molecular weight excluding hydrogens is 327 g/mol. The molecule has 0 spiro atoms. The normalized spacial score (nSPS) is 10.0. The standard InChI is InChI=1S/C18H17FN2O4/c1-2-17(23)25-11-16(22)21-15-6-4-3-5-14(15)18(24)20-13-9-7-12(19)8-10-13/h3-10H,2,11H2,1H3,(H,20,24)(H,21,22). The van der Waals surface area contributed by atoms with Gasteiger partial charge in [0.25, 0.3) is 11.8 Å². The second kappa shape index (κ2) is 8.58. The summed E-state index contributed by atoms with van der Waals surface area (Å²) < 4.78 is 17.7. The van der Waals surface area contributed by atoms with Crippen molar-refractivity contribution in [1.29, 1.82) is 0 Å². The lowest BCUT2D eigenvalue weighted by molar-refractivity contribution is -0.146. The first kappa shape index (κ1) is 18.1. The van der Waals surface area contributed by atoms with Gasteiger partial charge < -0.3 is 15.4 Å². The zero-order chi connectivity index (χ0) is 18.2. The summed E-state index contributed by atoms with van der Waals surface area (Å²) in [6, 6.07) is 11.7. The SMILES string of the molecule is CCC(=O)OCC(=O)Nc1ccccc1C(=O)Nc1ccc(F)cc1. The number of nitrogens with one attached hydrogen (secondary N) is 2. The highest BCUT2D eigenvalue weighted by Gasteiger charge is 2.14. The minimum Gasteiger partial charge on any atom is -0.456 e. The van der Waals surface area contributed by atoms with Crippen molar-refractivity contribution in [3.63, 3.8) is 0 Å². The van der Waals surface area contributed by atoms with E-state index in [0.29, 0.717) is 5.69 Å². The molecule has 0 aromatic heterocycles. The number of amides is 2. The molecule has 0 aliphatic heterocycles. The summed E-state index contributed by atoms with van der Waals surface area (Å²) in [6.07, 6.45) is 0.171. The Bertz CT molecular complexity index is 775. The van der Waals surface area contributed by atoms with Crippen LogP contribution in [0.2, 0.25) is 0 Å². The lowest BCUT2D eigenvalue weighted by Crippen LogP contribution is -2.22. The van der Waals surface area contributed by atoms with E-state index in [1.54, 1.807) is 25.1 Å². The van der Waals surface area contributed by atoms with Gasteiger partial charge in [0.2, 0.25) is 0 Å². The molecule has 130 valence electrons. The van der Waals surface area contributed by atoms with Crippen LogP contribution in [0.5, 0.6) is 0 Å². The third-order valence-corrected chi connectivity index (χ3v) is 3.20. The first-order chi connectivity index (χ1) is 12.0. The largest absolute Gasteiger partial charge is 0.456 e. The number of halogens is 1. The number of ether oxygens (including phenoxy) is 1. The van der Waals surface area contributed by atoms with Crippen LogP contribution in [0.4, 0.5) is 15.8 Å². The van der Waals surface area contributed by atoms with Gasteiger partial charge in [-0.1, -0.05) is 19.1 Å². The molecule has 25 heavy (non-hydrogen) atoms. The Labute approximate surface area is 144 Å². The molecule has 0 aliphatic carbocycles. The number of para-hydroxylation sites is 1. The summed E-state index contributed by atoms with van der Waals surface area (Å²) in [5, 5.41) is 5.14. The van der Waals surface area contributed by atoms with Crippen molar-refractivity contribution in [2.75, 3.05) is 17.2 Å². The number of hydrogen-bond donors (Lipinski definition) is 2. The van der Waals surface area contributed by atoms with Crippen LogP contribution >= 0.6 is 0 Å². The van der Waals surface area contributed by atoms with Gasteiger partial charge in [0.1, 0.15) is 5.82 Å². The van der Waals surface area contributed by atoms with Crippen molar-refractivity contribution < 1.29 is 23.5 Å². The van der Waals surface area contributed by atoms with E-state index in [1.807, 2.05) is 0 Å². The van der Waals surface area contributed by atoms with Gasteiger partial charge in [-0.15, -0.1) is 0 Å². The Morgan fingerprint density at radius 3 is 2.36 bits per heavy atom. The summed E-state index contributed by atoms with van der Waals surface area (Å²) in [5.41, 5.74) is 0.922. The molecule has 0 saturated heterocycles. The number of esters is 1. The molecule has 0 unspecified atom stereocenters. The first-order valence-electron chi connectivity index (χ1n) is 7.61. The summed E-state index contributed by atoms with van der Waals surface area (Å²) in [5.74, 6) is -1.92. The molecule has 0 heterocycles. The number of carbonyl (C=O) groups excluding carboxylic acids is 3. The highest BCUT2D eigenvalue weighted by Crippen LogP contribution is 2.17. The van der Waals surface area contributed by atoms with Crippen molar-refractivity contribution in [2.24, 2.45) is 0 Å². The lowest BCUT2D eigenvalue weighted by Gasteiger charge is -2.11. The fraction of sp³-hybridized carbons (Fsp3) is 0.167. The Morgan fingerprint density at radius 2 is 1.68 bits per heavy atom. The van der Waals surface area contributed by atoms with Crippen molar-refractivity contribution in [1.82, 2.24) is 0 Å². The maximum Gasteiger partial charge on any atom is 0.306 e. The van der Waals surface area contributed by atoms with Crippen LogP contribution in [0.3, 0.4) is 0 Å². The fourth-order valence-corrected chi connectivity index (χ4v) is 1.96. The second-order valence-electron chi connectivity index (χ2n) is 5.07. The number of benzene rings is 2. The van der Waals surface area contributed by atoms with Crippen LogP contribution in [0, 0.1) is 5.82 Å². The molecule has 2 amide bonds. The molecule has 6 nitrogen and oxygen atoms in total. The monoisotopic (exact) mass is 344 g/mol. The average molecular weight is 344 g/mol. The van der Waals surface area contributed by atoms with Crippen LogP contribution in [0.25, 0.3) is 0 Å². The predicted octanol–water partition coefficient (Wildman–Crippen LogP) is 2.97. The molecule has 0 radical (unpaired) electrons. The van der Waals surface area contributed by atoms with Gasteiger partial charge in [-0.2, -0.15) is 0 Å². The summed E-state index contributed by atoms with van der Waals surface area (Å²) >= 11 is 0. The summed E-state index contributed by atoms with van der Waals surface area (Å²) in [6.45, 7) is 1.19. The van der Waals surface area contributed by atoms with E-state index in [4.69, 9.17) is 4.74 Å². The van der Waals surface area contributed by atoms with Crippen LogP contribution in [0.1, 0.15) is 23.7 Å². The van der Waals surface area contributed by atoms with E-state index in [9.17, 15) is 18.8 Å². The molecule has 2 aromatic carbocycles. The summed E-state index contributed by atoms with van der Waals surface area (Å²) in [7, 11) is 0. The van der Waals surface area contributed by atoms with Crippen molar-refractivity contribution in [3.05, 3.63) is 59.9 Å². The predicted molar refractivity (Wildman–Crippen MR) is 90.7 cm³/mol. The van der Waals surface area contributed by atoms with Gasteiger partial charge >= 0.3 is 5.97 Å².